The van der Waals surface area contributed by atoms with Gasteiger partial charge in [0.15, 0.2) is 0 Å². The molecule has 3 heterocycles. The lowest BCUT2D eigenvalue weighted by Crippen LogP contribution is -2.37. The Morgan fingerprint density at radius 2 is 2.25 bits per heavy atom. The summed E-state index contributed by atoms with van der Waals surface area (Å²) in [5.74, 6) is 0.835. The summed E-state index contributed by atoms with van der Waals surface area (Å²) in [6.45, 7) is 4.59. The molecule has 0 spiro atoms. The number of carbonyl (C=O) groups is 1. The minimum Gasteiger partial charge on any atom is -0.381 e. The van der Waals surface area contributed by atoms with Gasteiger partial charge in [-0.3, -0.25) is 10.1 Å². The van der Waals surface area contributed by atoms with Crippen molar-refractivity contribution in [3.8, 4) is 0 Å². The summed E-state index contributed by atoms with van der Waals surface area (Å²) in [5.41, 5.74) is 1.21. The van der Waals surface area contributed by atoms with E-state index in [2.05, 4.69) is 29.1 Å². The zero-order valence-corrected chi connectivity index (χ0v) is 12.7. The van der Waals surface area contributed by atoms with Crippen LogP contribution in [0.25, 0.3) is 0 Å². The van der Waals surface area contributed by atoms with Crippen LogP contribution in [0.4, 0.5) is 0 Å². The SMILES string of the molecule is CCC1NC(c2ccsc2)N(CC2CCOCC2)C1=O. The highest BCUT2D eigenvalue weighted by Crippen LogP contribution is 2.30. The first kappa shape index (κ1) is 14.0. The van der Waals surface area contributed by atoms with Crippen LogP contribution in [-0.4, -0.2) is 36.6 Å². The van der Waals surface area contributed by atoms with Crippen molar-refractivity contribution in [3.63, 3.8) is 0 Å². The summed E-state index contributed by atoms with van der Waals surface area (Å²) in [4.78, 5) is 14.6. The van der Waals surface area contributed by atoms with Gasteiger partial charge in [-0.15, -0.1) is 0 Å². The van der Waals surface area contributed by atoms with Gasteiger partial charge in [-0.05, 0) is 47.6 Å². The average Bonchev–Trinajstić information content (AvgIpc) is 3.10. The van der Waals surface area contributed by atoms with Gasteiger partial charge in [-0.25, -0.2) is 0 Å². The summed E-state index contributed by atoms with van der Waals surface area (Å²) >= 11 is 1.69. The van der Waals surface area contributed by atoms with Gasteiger partial charge in [0.2, 0.25) is 5.91 Å². The third-order valence-electron chi connectivity index (χ3n) is 4.31. The van der Waals surface area contributed by atoms with Gasteiger partial charge < -0.3 is 9.64 Å². The topological polar surface area (TPSA) is 41.6 Å². The predicted molar refractivity (Wildman–Crippen MR) is 79.5 cm³/mol. The van der Waals surface area contributed by atoms with Gasteiger partial charge in [0.05, 0.1) is 6.04 Å². The standard InChI is InChI=1S/C15H22N2O2S/c1-2-13-15(18)17(9-11-3-6-19-7-4-11)14(16-13)12-5-8-20-10-12/h5,8,10-11,13-14,16H,2-4,6-7,9H2,1H3. The molecule has 20 heavy (non-hydrogen) atoms. The van der Waals surface area contributed by atoms with E-state index in [4.69, 9.17) is 4.74 Å². The van der Waals surface area contributed by atoms with Crippen molar-refractivity contribution < 1.29 is 9.53 Å². The number of hydrogen-bond donors (Lipinski definition) is 1. The Morgan fingerprint density at radius 3 is 2.90 bits per heavy atom. The van der Waals surface area contributed by atoms with Crippen LogP contribution >= 0.6 is 11.3 Å². The number of nitrogens with zero attached hydrogens (tertiary/aromatic N) is 1. The molecular weight excluding hydrogens is 272 g/mol. The molecule has 0 aromatic carbocycles. The highest BCUT2D eigenvalue weighted by Gasteiger charge is 2.39. The Morgan fingerprint density at radius 1 is 1.45 bits per heavy atom. The van der Waals surface area contributed by atoms with Gasteiger partial charge in [0.1, 0.15) is 6.17 Å². The molecule has 0 radical (unpaired) electrons. The highest BCUT2D eigenvalue weighted by atomic mass is 32.1. The quantitative estimate of drug-likeness (QED) is 0.927. The molecule has 1 amide bonds. The Bertz CT molecular complexity index is 443. The van der Waals surface area contributed by atoms with E-state index in [9.17, 15) is 4.79 Å². The normalized spacial score (nSPS) is 28.2. The first-order valence-corrected chi connectivity index (χ1v) is 8.40. The summed E-state index contributed by atoms with van der Waals surface area (Å²) in [7, 11) is 0. The van der Waals surface area contributed by atoms with E-state index in [0.29, 0.717) is 5.92 Å². The summed E-state index contributed by atoms with van der Waals surface area (Å²) < 4.78 is 5.41. The minimum absolute atomic E-state index is 0.0280. The first-order chi connectivity index (χ1) is 9.79. The first-order valence-electron chi connectivity index (χ1n) is 7.46. The maximum absolute atomic E-state index is 12.6. The van der Waals surface area contributed by atoms with Gasteiger partial charge in [0.25, 0.3) is 0 Å². The molecule has 0 saturated carbocycles. The number of nitrogens with one attached hydrogen (secondary N) is 1. The summed E-state index contributed by atoms with van der Waals surface area (Å²) in [5, 5.41) is 7.70. The number of ether oxygens (including phenoxy) is 1. The summed E-state index contributed by atoms with van der Waals surface area (Å²) in [6, 6.07) is 2.09. The van der Waals surface area contributed by atoms with Gasteiger partial charge in [-0.1, -0.05) is 6.92 Å². The van der Waals surface area contributed by atoms with Crippen molar-refractivity contribution in [1.29, 1.82) is 0 Å². The number of hydrogen-bond acceptors (Lipinski definition) is 4. The number of thiophene rings is 1. The second-order valence-corrected chi connectivity index (χ2v) is 6.41. The molecule has 0 aliphatic carbocycles. The van der Waals surface area contributed by atoms with E-state index in [-0.39, 0.29) is 18.1 Å². The lowest BCUT2D eigenvalue weighted by Gasteiger charge is -2.30. The number of amides is 1. The van der Waals surface area contributed by atoms with E-state index in [0.717, 1.165) is 39.0 Å². The molecular formula is C15H22N2O2S. The lowest BCUT2D eigenvalue weighted by molar-refractivity contribution is -0.131. The third-order valence-corrected chi connectivity index (χ3v) is 5.02. The van der Waals surface area contributed by atoms with Crippen molar-refractivity contribution in [2.24, 2.45) is 5.92 Å². The van der Waals surface area contributed by atoms with E-state index < -0.39 is 0 Å². The fraction of sp³-hybridized carbons (Fsp3) is 0.667. The second kappa shape index (κ2) is 6.24. The summed E-state index contributed by atoms with van der Waals surface area (Å²) in [6.07, 6.45) is 3.04. The maximum Gasteiger partial charge on any atom is 0.241 e. The predicted octanol–water partition coefficient (Wildman–Crippen LogP) is 2.38. The van der Waals surface area contributed by atoms with Crippen molar-refractivity contribution in [2.45, 2.75) is 38.4 Å². The van der Waals surface area contributed by atoms with Crippen molar-refractivity contribution in [3.05, 3.63) is 22.4 Å². The minimum atomic E-state index is -0.0280. The highest BCUT2D eigenvalue weighted by molar-refractivity contribution is 7.07. The van der Waals surface area contributed by atoms with Crippen LogP contribution < -0.4 is 5.32 Å². The lowest BCUT2D eigenvalue weighted by atomic mass is 9.99. The molecule has 2 atom stereocenters. The third kappa shape index (κ3) is 2.75. The Kier molecular flexibility index (Phi) is 4.38. The zero-order chi connectivity index (χ0) is 13.9. The maximum atomic E-state index is 12.6. The molecule has 2 fully saturated rings. The monoisotopic (exact) mass is 294 g/mol. The number of rotatable bonds is 4. The fourth-order valence-corrected chi connectivity index (χ4v) is 3.76. The molecule has 1 aromatic rings. The van der Waals surface area contributed by atoms with Crippen LogP contribution in [0, 0.1) is 5.92 Å². The smallest absolute Gasteiger partial charge is 0.241 e. The van der Waals surface area contributed by atoms with Crippen molar-refractivity contribution in [2.75, 3.05) is 19.8 Å². The Balaban J connectivity index is 1.75. The Hall–Kier alpha value is -0.910. The fourth-order valence-electron chi connectivity index (χ4n) is 3.08. The second-order valence-electron chi connectivity index (χ2n) is 5.63. The molecule has 3 rings (SSSR count). The number of carbonyl (C=O) groups excluding carboxylic acids is 1. The van der Waals surface area contributed by atoms with Crippen LogP contribution in [0.2, 0.25) is 0 Å². The average molecular weight is 294 g/mol. The molecule has 4 nitrogen and oxygen atoms in total. The molecule has 1 aromatic heterocycles. The van der Waals surface area contributed by atoms with Crippen LogP contribution in [0.1, 0.15) is 37.9 Å². The molecule has 2 aliphatic rings. The van der Waals surface area contributed by atoms with Crippen LogP contribution in [-0.2, 0) is 9.53 Å². The van der Waals surface area contributed by atoms with E-state index >= 15 is 0 Å². The van der Waals surface area contributed by atoms with Gasteiger partial charge in [0, 0.05) is 19.8 Å². The van der Waals surface area contributed by atoms with Crippen LogP contribution in [0.5, 0.6) is 0 Å². The van der Waals surface area contributed by atoms with E-state index in [1.165, 1.54) is 5.56 Å². The molecule has 5 heteroatoms. The molecule has 2 saturated heterocycles. The largest absolute Gasteiger partial charge is 0.381 e. The molecule has 2 aliphatic heterocycles. The van der Waals surface area contributed by atoms with Gasteiger partial charge >= 0.3 is 0 Å². The van der Waals surface area contributed by atoms with Crippen molar-refractivity contribution in [1.82, 2.24) is 10.2 Å². The van der Waals surface area contributed by atoms with E-state index in [1.807, 2.05) is 4.90 Å². The van der Waals surface area contributed by atoms with Crippen LogP contribution in [0.3, 0.4) is 0 Å². The van der Waals surface area contributed by atoms with E-state index in [1.54, 1.807) is 11.3 Å². The van der Waals surface area contributed by atoms with Crippen molar-refractivity contribution >= 4 is 17.2 Å². The van der Waals surface area contributed by atoms with Crippen LogP contribution in [0.15, 0.2) is 16.8 Å². The van der Waals surface area contributed by atoms with Gasteiger partial charge in [-0.2, -0.15) is 11.3 Å². The molecule has 110 valence electrons. The molecule has 1 N–H and O–H groups in total. The molecule has 2 unspecified atom stereocenters. The zero-order valence-electron chi connectivity index (χ0n) is 11.9. The Labute approximate surface area is 124 Å². The molecule has 0 bridgehead atoms.